The molecule has 0 fully saturated rings. The summed E-state index contributed by atoms with van der Waals surface area (Å²) in [6, 6.07) is 23.4. The molecule has 3 aromatic rings. The monoisotopic (exact) mass is 317 g/mol. The minimum atomic E-state index is -0.103. The summed E-state index contributed by atoms with van der Waals surface area (Å²) in [6.07, 6.45) is 4.17. The van der Waals surface area contributed by atoms with Crippen molar-refractivity contribution in [3.8, 4) is 0 Å². The predicted molar refractivity (Wildman–Crippen MR) is 96.2 cm³/mol. The van der Waals surface area contributed by atoms with Crippen LogP contribution in [0.3, 0.4) is 0 Å². The zero-order chi connectivity index (χ0) is 16.6. The zero-order valence-electron chi connectivity index (χ0n) is 13.3. The topological polar surface area (TPSA) is 42.2 Å². The van der Waals surface area contributed by atoms with Crippen LogP contribution in [0, 0.1) is 0 Å². The van der Waals surface area contributed by atoms with Gasteiger partial charge in [-0.15, -0.1) is 0 Å². The molecule has 0 aliphatic carbocycles. The van der Waals surface area contributed by atoms with Crippen LogP contribution in [0.4, 0.5) is 0 Å². The third-order valence-electron chi connectivity index (χ3n) is 3.70. The molecule has 1 N–H and O–H groups in total. The lowest BCUT2D eigenvalue weighted by atomic mass is 10.0. The first-order chi connectivity index (χ1) is 11.8. The molecule has 120 valence electrons. The minimum Gasteiger partial charge on any atom is -0.465 e. The maximum atomic E-state index is 12.6. The highest BCUT2D eigenvalue weighted by molar-refractivity contribution is 6.24. The Kier molecular flexibility index (Phi) is 5.25. The molecule has 0 saturated carbocycles. The van der Waals surface area contributed by atoms with E-state index in [0.29, 0.717) is 17.9 Å². The minimum absolute atomic E-state index is 0.103. The zero-order valence-corrected chi connectivity index (χ0v) is 13.3. The second-order valence-electron chi connectivity index (χ2n) is 5.43. The van der Waals surface area contributed by atoms with Gasteiger partial charge in [-0.1, -0.05) is 60.7 Å². The summed E-state index contributed by atoms with van der Waals surface area (Å²) < 4.78 is 5.35. The maximum Gasteiger partial charge on any atom is 0.252 e. The molecule has 0 atom stereocenters. The Morgan fingerprint density at radius 2 is 1.62 bits per heavy atom. The van der Waals surface area contributed by atoms with Gasteiger partial charge in [0.1, 0.15) is 5.76 Å². The molecule has 1 aromatic heterocycles. The van der Waals surface area contributed by atoms with Gasteiger partial charge in [-0.2, -0.15) is 0 Å². The number of amides is 1. The van der Waals surface area contributed by atoms with Crippen LogP contribution in [-0.4, -0.2) is 12.5 Å². The summed E-state index contributed by atoms with van der Waals surface area (Å²) in [5.74, 6) is 0.556. The highest BCUT2D eigenvalue weighted by atomic mass is 16.3. The smallest absolute Gasteiger partial charge is 0.252 e. The molecule has 0 aliphatic rings. The van der Waals surface area contributed by atoms with Crippen molar-refractivity contribution < 1.29 is 9.21 Å². The van der Waals surface area contributed by atoms with E-state index in [0.717, 1.165) is 12.0 Å². The van der Waals surface area contributed by atoms with E-state index in [-0.39, 0.29) is 5.91 Å². The highest BCUT2D eigenvalue weighted by Crippen LogP contribution is 2.18. The van der Waals surface area contributed by atoms with Crippen molar-refractivity contribution in [3.05, 3.63) is 95.9 Å². The lowest BCUT2D eigenvalue weighted by Gasteiger charge is -2.09. The van der Waals surface area contributed by atoms with E-state index < -0.39 is 0 Å². The quantitative estimate of drug-likeness (QED) is 0.693. The second kappa shape index (κ2) is 7.97. The van der Waals surface area contributed by atoms with Gasteiger partial charge in [-0.05, 0) is 35.8 Å². The van der Waals surface area contributed by atoms with Crippen molar-refractivity contribution >= 4 is 17.6 Å². The number of furan rings is 1. The van der Waals surface area contributed by atoms with Gasteiger partial charge >= 0.3 is 0 Å². The van der Waals surface area contributed by atoms with Crippen molar-refractivity contribution in [3.63, 3.8) is 0 Å². The lowest BCUT2D eigenvalue weighted by molar-refractivity contribution is -0.115. The molecular weight excluding hydrogens is 298 g/mol. The number of nitrogens with one attached hydrogen (secondary N) is 1. The lowest BCUT2D eigenvalue weighted by Crippen LogP contribution is -2.26. The Morgan fingerprint density at radius 3 is 2.29 bits per heavy atom. The van der Waals surface area contributed by atoms with E-state index >= 15 is 0 Å². The van der Waals surface area contributed by atoms with Gasteiger partial charge in [0.2, 0.25) is 0 Å². The van der Waals surface area contributed by atoms with Gasteiger partial charge in [-0.25, -0.2) is 0 Å². The molecule has 24 heavy (non-hydrogen) atoms. The average Bonchev–Trinajstić information content (AvgIpc) is 3.14. The van der Waals surface area contributed by atoms with E-state index in [4.69, 9.17) is 4.42 Å². The molecule has 0 aliphatic heterocycles. The fourth-order valence-electron chi connectivity index (χ4n) is 2.47. The molecule has 3 heteroatoms. The largest absolute Gasteiger partial charge is 0.465 e. The van der Waals surface area contributed by atoms with Crippen LogP contribution in [0.15, 0.2) is 83.5 Å². The summed E-state index contributed by atoms with van der Waals surface area (Å²) in [5, 5.41) is 2.99. The fourth-order valence-corrected chi connectivity index (χ4v) is 2.47. The Hall–Kier alpha value is -3.07. The summed E-state index contributed by atoms with van der Waals surface area (Å²) >= 11 is 0. The Bertz CT molecular complexity index is 790. The summed E-state index contributed by atoms with van der Waals surface area (Å²) in [4.78, 5) is 12.6. The average molecular weight is 317 g/mol. The molecule has 3 rings (SSSR count). The Morgan fingerprint density at radius 1 is 0.917 bits per heavy atom. The number of carbonyl (C=O) groups excluding carboxylic acids is 1. The molecule has 0 radical (unpaired) electrons. The fraction of sp³-hybridized carbons (Fsp3) is 0.0952. The van der Waals surface area contributed by atoms with Gasteiger partial charge in [0.05, 0.1) is 11.8 Å². The Balaban J connectivity index is 1.72. The molecular formula is C21H19NO2. The van der Waals surface area contributed by atoms with E-state index in [1.165, 1.54) is 5.56 Å². The van der Waals surface area contributed by atoms with Gasteiger partial charge < -0.3 is 9.73 Å². The third kappa shape index (κ3) is 4.23. The maximum absolute atomic E-state index is 12.6. The standard InChI is InChI=1S/C21H19NO2/c23-21(22-14-13-17-8-3-1-4-9-17)20(16-19-12-7-15-24-19)18-10-5-2-6-11-18/h1-12,15-16H,13-14H2,(H,22,23)/b20-16+. The number of hydrogen-bond acceptors (Lipinski definition) is 2. The molecule has 1 heterocycles. The van der Waals surface area contributed by atoms with Crippen molar-refractivity contribution in [2.75, 3.05) is 6.54 Å². The highest BCUT2D eigenvalue weighted by Gasteiger charge is 2.12. The van der Waals surface area contributed by atoms with Crippen molar-refractivity contribution in [1.29, 1.82) is 0 Å². The summed E-state index contributed by atoms with van der Waals surface area (Å²) in [7, 11) is 0. The van der Waals surface area contributed by atoms with Crippen LogP contribution in [0.1, 0.15) is 16.9 Å². The molecule has 3 nitrogen and oxygen atoms in total. The number of benzene rings is 2. The van der Waals surface area contributed by atoms with Crippen LogP contribution in [0.5, 0.6) is 0 Å². The first-order valence-electron chi connectivity index (χ1n) is 7.96. The van der Waals surface area contributed by atoms with E-state index in [1.807, 2.05) is 60.7 Å². The van der Waals surface area contributed by atoms with Crippen molar-refractivity contribution in [2.24, 2.45) is 0 Å². The van der Waals surface area contributed by atoms with Gasteiger partial charge in [-0.3, -0.25) is 4.79 Å². The molecule has 0 unspecified atom stereocenters. The molecule has 0 spiro atoms. The molecule has 0 bridgehead atoms. The van der Waals surface area contributed by atoms with Crippen molar-refractivity contribution in [1.82, 2.24) is 5.32 Å². The van der Waals surface area contributed by atoms with Gasteiger partial charge in [0.25, 0.3) is 5.91 Å². The van der Waals surface area contributed by atoms with Crippen LogP contribution in [0.2, 0.25) is 0 Å². The number of hydrogen-bond donors (Lipinski definition) is 1. The number of rotatable bonds is 6. The number of carbonyl (C=O) groups is 1. The van der Waals surface area contributed by atoms with E-state index in [9.17, 15) is 4.79 Å². The SMILES string of the molecule is O=C(NCCc1ccccc1)/C(=C/c1ccco1)c1ccccc1. The van der Waals surface area contributed by atoms with Crippen LogP contribution in [-0.2, 0) is 11.2 Å². The third-order valence-corrected chi connectivity index (χ3v) is 3.70. The molecule has 0 saturated heterocycles. The second-order valence-corrected chi connectivity index (χ2v) is 5.43. The molecule has 2 aromatic carbocycles. The van der Waals surface area contributed by atoms with E-state index in [1.54, 1.807) is 12.3 Å². The predicted octanol–water partition coefficient (Wildman–Crippen LogP) is 4.18. The molecule has 1 amide bonds. The van der Waals surface area contributed by atoms with Crippen LogP contribution >= 0.6 is 0 Å². The van der Waals surface area contributed by atoms with Crippen LogP contribution < -0.4 is 5.32 Å². The van der Waals surface area contributed by atoms with Crippen LogP contribution in [0.25, 0.3) is 11.6 Å². The van der Waals surface area contributed by atoms with Crippen molar-refractivity contribution in [2.45, 2.75) is 6.42 Å². The Labute approximate surface area is 141 Å². The van der Waals surface area contributed by atoms with Gasteiger partial charge in [0.15, 0.2) is 0 Å². The summed E-state index contributed by atoms with van der Waals surface area (Å²) in [6.45, 7) is 0.588. The first kappa shape index (κ1) is 15.8. The van der Waals surface area contributed by atoms with Gasteiger partial charge in [0, 0.05) is 6.54 Å². The van der Waals surface area contributed by atoms with E-state index in [2.05, 4.69) is 17.4 Å². The first-order valence-corrected chi connectivity index (χ1v) is 7.96. The normalized spacial score (nSPS) is 11.2. The summed E-state index contributed by atoms with van der Waals surface area (Å²) in [5.41, 5.74) is 2.67.